The zero-order valence-corrected chi connectivity index (χ0v) is 14.6. The summed E-state index contributed by atoms with van der Waals surface area (Å²) in [5, 5.41) is 8.74. The predicted molar refractivity (Wildman–Crippen MR) is 91.4 cm³/mol. The summed E-state index contributed by atoms with van der Waals surface area (Å²) < 4.78 is 5.36. The highest BCUT2D eigenvalue weighted by Gasteiger charge is 2.23. The van der Waals surface area contributed by atoms with Gasteiger partial charge in [-0.15, -0.1) is 0 Å². The first-order valence-corrected chi connectivity index (χ1v) is 7.92. The molecule has 23 heavy (non-hydrogen) atoms. The zero-order valence-electron chi connectivity index (χ0n) is 14.6. The third kappa shape index (κ3) is 5.90. The van der Waals surface area contributed by atoms with E-state index in [0.29, 0.717) is 18.9 Å². The molecule has 0 bridgehead atoms. The summed E-state index contributed by atoms with van der Waals surface area (Å²) in [4.78, 5) is 17.7. The number of carbonyl (C=O) groups excluding carboxylic acids is 1. The van der Waals surface area contributed by atoms with E-state index < -0.39 is 5.60 Å². The molecule has 6 nitrogen and oxygen atoms in total. The molecule has 0 radical (unpaired) electrons. The van der Waals surface area contributed by atoms with Crippen LogP contribution in [0.5, 0.6) is 0 Å². The number of hydrogen-bond donors (Lipinski definition) is 2. The van der Waals surface area contributed by atoms with Crippen LogP contribution in [-0.2, 0) is 4.74 Å². The smallest absolute Gasteiger partial charge is 0.410 e. The molecule has 0 fully saturated rings. The summed E-state index contributed by atoms with van der Waals surface area (Å²) in [6, 6.07) is 3.59. The summed E-state index contributed by atoms with van der Waals surface area (Å²) in [7, 11) is 0. The summed E-state index contributed by atoms with van der Waals surface area (Å²) in [6.07, 6.45) is 4.19. The molecule has 0 unspecified atom stereocenters. The zero-order chi connectivity index (χ0) is 17.5. The number of amides is 1. The van der Waals surface area contributed by atoms with Gasteiger partial charge in [0, 0.05) is 19.3 Å². The van der Waals surface area contributed by atoms with Gasteiger partial charge < -0.3 is 9.64 Å². The van der Waals surface area contributed by atoms with Gasteiger partial charge in [0.05, 0.1) is 0 Å². The normalized spacial score (nSPS) is 14.3. The van der Waals surface area contributed by atoms with Crippen LogP contribution in [0.25, 0.3) is 5.57 Å². The molecule has 0 atom stereocenters. The number of pyridine rings is 1. The number of hydrogen-bond acceptors (Lipinski definition) is 5. The van der Waals surface area contributed by atoms with Crippen molar-refractivity contribution >= 4 is 17.5 Å². The standard InChI is InChI=1S/C15H21N3O3.C2H6/c1-15(2,3)21-14(19)18-8-6-11(7-9-18)12-4-5-13(17-20)16-10-12;1-2/h4-6,10,20H,7-9H2,1-3H3,(H,16,17);1-2H3. The highest BCUT2D eigenvalue weighted by molar-refractivity contribution is 5.72. The SMILES string of the molecule is CC.CC(C)(C)OC(=O)N1CC=C(c2ccc(NO)nc2)CC1. The van der Waals surface area contributed by atoms with Crippen molar-refractivity contribution in [2.24, 2.45) is 0 Å². The maximum atomic E-state index is 12.0. The number of ether oxygens (including phenoxy) is 1. The van der Waals surface area contributed by atoms with Gasteiger partial charge in [0.15, 0.2) is 0 Å². The first-order valence-electron chi connectivity index (χ1n) is 7.92. The minimum atomic E-state index is -0.474. The number of carbonyl (C=O) groups is 1. The Bertz CT molecular complexity index is 533. The van der Waals surface area contributed by atoms with Crippen LogP contribution in [0.2, 0.25) is 0 Å². The lowest BCUT2D eigenvalue weighted by atomic mass is 10.0. The molecule has 0 aliphatic carbocycles. The quantitative estimate of drug-likeness (QED) is 0.807. The number of anilines is 1. The Kier molecular flexibility index (Phi) is 7.03. The Labute approximate surface area is 138 Å². The number of nitrogens with zero attached hydrogens (tertiary/aromatic N) is 2. The molecular weight excluding hydrogens is 294 g/mol. The van der Waals surface area contributed by atoms with Crippen molar-refractivity contribution in [2.75, 3.05) is 18.6 Å². The van der Waals surface area contributed by atoms with E-state index in [1.807, 2.05) is 52.2 Å². The minimum Gasteiger partial charge on any atom is -0.444 e. The monoisotopic (exact) mass is 321 g/mol. The van der Waals surface area contributed by atoms with Crippen LogP contribution in [0, 0.1) is 0 Å². The van der Waals surface area contributed by atoms with Crippen LogP contribution in [0.3, 0.4) is 0 Å². The second-order valence-electron chi connectivity index (χ2n) is 5.95. The Hall–Kier alpha value is -2.08. The van der Waals surface area contributed by atoms with Gasteiger partial charge in [-0.3, -0.25) is 10.7 Å². The van der Waals surface area contributed by atoms with Gasteiger partial charge in [-0.2, -0.15) is 0 Å². The third-order valence-electron chi connectivity index (χ3n) is 3.11. The summed E-state index contributed by atoms with van der Waals surface area (Å²) in [5.74, 6) is 0.408. The molecule has 0 spiro atoms. The highest BCUT2D eigenvalue weighted by atomic mass is 16.6. The summed E-state index contributed by atoms with van der Waals surface area (Å²) >= 11 is 0. The van der Waals surface area contributed by atoms with Gasteiger partial charge in [0.2, 0.25) is 0 Å². The van der Waals surface area contributed by atoms with Crippen LogP contribution in [0.15, 0.2) is 24.4 Å². The molecule has 1 aliphatic heterocycles. The van der Waals surface area contributed by atoms with Gasteiger partial charge in [-0.25, -0.2) is 9.78 Å². The molecular formula is C17H27N3O3. The molecule has 2 rings (SSSR count). The Balaban J connectivity index is 0.00000127. The summed E-state index contributed by atoms with van der Waals surface area (Å²) in [5.41, 5.74) is 3.67. The first kappa shape index (κ1) is 19.0. The van der Waals surface area contributed by atoms with Crippen molar-refractivity contribution in [2.45, 2.75) is 46.6 Å². The van der Waals surface area contributed by atoms with Crippen LogP contribution in [0.1, 0.15) is 46.6 Å². The largest absolute Gasteiger partial charge is 0.444 e. The molecule has 0 saturated heterocycles. The number of nitrogens with one attached hydrogen (secondary N) is 1. The van der Waals surface area contributed by atoms with Gasteiger partial charge in [0.1, 0.15) is 11.4 Å². The topological polar surface area (TPSA) is 74.7 Å². The van der Waals surface area contributed by atoms with Crippen molar-refractivity contribution in [1.29, 1.82) is 0 Å². The van der Waals surface area contributed by atoms with Gasteiger partial charge in [-0.05, 0) is 50.5 Å². The molecule has 2 heterocycles. The third-order valence-corrected chi connectivity index (χ3v) is 3.11. The molecule has 128 valence electrons. The Morgan fingerprint density at radius 2 is 2.04 bits per heavy atom. The number of aromatic nitrogens is 1. The highest BCUT2D eigenvalue weighted by Crippen LogP contribution is 2.23. The first-order chi connectivity index (χ1) is 10.9. The van der Waals surface area contributed by atoms with Gasteiger partial charge in [-0.1, -0.05) is 19.9 Å². The second-order valence-corrected chi connectivity index (χ2v) is 5.95. The molecule has 1 aliphatic rings. The van der Waals surface area contributed by atoms with E-state index in [1.165, 1.54) is 0 Å². The van der Waals surface area contributed by atoms with E-state index in [4.69, 9.17) is 9.94 Å². The van der Waals surface area contributed by atoms with Crippen LogP contribution < -0.4 is 5.48 Å². The maximum absolute atomic E-state index is 12.0. The van der Waals surface area contributed by atoms with Crippen molar-refractivity contribution < 1.29 is 14.7 Å². The number of rotatable bonds is 2. The van der Waals surface area contributed by atoms with E-state index in [0.717, 1.165) is 17.6 Å². The fraction of sp³-hybridized carbons (Fsp3) is 0.529. The molecule has 6 heteroatoms. The van der Waals surface area contributed by atoms with E-state index >= 15 is 0 Å². The average Bonchev–Trinajstić information content (AvgIpc) is 2.55. The van der Waals surface area contributed by atoms with E-state index in [1.54, 1.807) is 17.2 Å². The lowest BCUT2D eigenvalue weighted by Crippen LogP contribution is -2.39. The summed E-state index contributed by atoms with van der Waals surface area (Å²) in [6.45, 7) is 10.7. The Morgan fingerprint density at radius 3 is 2.48 bits per heavy atom. The van der Waals surface area contributed by atoms with Crippen molar-refractivity contribution in [3.05, 3.63) is 30.0 Å². The Morgan fingerprint density at radius 1 is 1.35 bits per heavy atom. The van der Waals surface area contributed by atoms with Crippen LogP contribution >= 0.6 is 0 Å². The van der Waals surface area contributed by atoms with E-state index in [2.05, 4.69) is 4.98 Å². The molecule has 0 aromatic carbocycles. The van der Waals surface area contributed by atoms with Crippen LogP contribution in [-0.4, -0.2) is 39.9 Å². The fourth-order valence-electron chi connectivity index (χ4n) is 2.07. The van der Waals surface area contributed by atoms with Gasteiger partial charge in [0.25, 0.3) is 0 Å². The molecule has 0 saturated carbocycles. The molecule has 1 amide bonds. The van der Waals surface area contributed by atoms with Gasteiger partial charge >= 0.3 is 6.09 Å². The van der Waals surface area contributed by atoms with Crippen molar-refractivity contribution in [3.8, 4) is 0 Å². The molecule has 1 aromatic rings. The maximum Gasteiger partial charge on any atom is 0.410 e. The lowest BCUT2D eigenvalue weighted by Gasteiger charge is -2.29. The van der Waals surface area contributed by atoms with Crippen LogP contribution in [0.4, 0.5) is 10.6 Å². The molecule has 1 aromatic heterocycles. The second kappa shape index (κ2) is 8.53. The molecule has 2 N–H and O–H groups in total. The predicted octanol–water partition coefficient (Wildman–Crippen LogP) is 3.93. The van der Waals surface area contributed by atoms with Crippen molar-refractivity contribution in [1.82, 2.24) is 9.88 Å². The van der Waals surface area contributed by atoms with E-state index in [9.17, 15) is 4.79 Å². The lowest BCUT2D eigenvalue weighted by molar-refractivity contribution is 0.0270. The minimum absolute atomic E-state index is 0.282. The van der Waals surface area contributed by atoms with E-state index in [-0.39, 0.29) is 6.09 Å². The van der Waals surface area contributed by atoms with Crippen molar-refractivity contribution in [3.63, 3.8) is 0 Å². The fourth-order valence-corrected chi connectivity index (χ4v) is 2.07. The average molecular weight is 321 g/mol.